The summed E-state index contributed by atoms with van der Waals surface area (Å²) in [5, 5.41) is 13.2. The van der Waals surface area contributed by atoms with Crippen LogP contribution in [0.4, 0.5) is 11.6 Å². The van der Waals surface area contributed by atoms with Crippen LogP contribution in [-0.2, 0) is 0 Å². The molecule has 17 heavy (non-hydrogen) atoms. The summed E-state index contributed by atoms with van der Waals surface area (Å²) in [6, 6.07) is 5.99. The number of pyridine rings is 1. The Hall–Kier alpha value is -1.29. The molecule has 0 amide bonds. The van der Waals surface area contributed by atoms with Gasteiger partial charge in [0, 0.05) is 19.6 Å². The van der Waals surface area contributed by atoms with Crippen molar-refractivity contribution < 1.29 is 5.11 Å². The average Bonchev–Trinajstić information content (AvgIpc) is 2.67. The largest absolute Gasteiger partial charge is 0.388 e. The Morgan fingerprint density at radius 2 is 2.35 bits per heavy atom. The van der Waals surface area contributed by atoms with Crippen LogP contribution >= 0.6 is 0 Å². The zero-order chi connectivity index (χ0) is 12.3. The van der Waals surface area contributed by atoms with Gasteiger partial charge in [0.05, 0.1) is 5.60 Å². The number of anilines is 2. The second-order valence-corrected chi connectivity index (χ2v) is 4.98. The van der Waals surface area contributed by atoms with Crippen molar-refractivity contribution in [2.45, 2.75) is 32.3 Å². The predicted octanol–water partition coefficient (Wildman–Crippen LogP) is 1.86. The zero-order valence-corrected chi connectivity index (χ0v) is 10.6. The van der Waals surface area contributed by atoms with E-state index in [1.807, 2.05) is 25.1 Å². The van der Waals surface area contributed by atoms with Crippen molar-refractivity contribution in [3.63, 3.8) is 0 Å². The molecule has 1 fully saturated rings. The highest BCUT2D eigenvalue weighted by Gasteiger charge is 2.31. The molecular weight excluding hydrogens is 214 g/mol. The molecule has 2 heterocycles. The quantitative estimate of drug-likeness (QED) is 0.836. The summed E-state index contributed by atoms with van der Waals surface area (Å²) in [6.07, 6.45) is 1.89. The Labute approximate surface area is 103 Å². The van der Waals surface area contributed by atoms with Crippen molar-refractivity contribution >= 4 is 11.6 Å². The van der Waals surface area contributed by atoms with Gasteiger partial charge in [-0.1, -0.05) is 13.0 Å². The molecule has 4 heteroatoms. The lowest BCUT2D eigenvalue weighted by atomic mass is 10.1. The number of hydrogen-bond donors (Lipinski definition) is 2. The molecule has 1 atom stereocenters. The van der Waals surface area contributed by atoms with E-state index in [9.17, 15) is 5.11 Å². The molecule has 1 aliphatic heterocycles. The van der Waals surface area contributed by atoms with Crippen molar-refractivity contribution in [3.8, 4) is 0 Å². The van der Waals surface area contributed by atoms with Crippen molar-refractivity contribution in [1.29, 1.82) is 0 Å². The third-order valence-electron chi connectivity index (χ3n) is 3.07. The van der Waals surface area contributed by atoms with E-state index in [4.69, 9.17) is 0 Å². The van der Waals surface area contributed by atoms with E-state index < -0.39 is 5.60 Å². The summed E-state index contributed by atoms with van der Waals surface area (Å²) >= 11 is 0. The minimum atomic E-state index is -0.575. The van der Waals surface area contributed by atoms with E-state index in [1.165, 1.54) is 0 Å². The fourth-order valence-electron chi connectivity index (χ4n) is 2.09. The minimum absolute atomic E-state index is 0.575. The molecule has 4 nitrogen and oxygen atoms in total. The molecular formula is C13H21N3O. The second-order valence-electron chi connectivity index (χ2n) is 4.98. The van der Waals surface area contributed by atoms with Gasteiger partial charge in [-0.05, 0) is 31.9 Å². The SMILES string of the molecule is CCCNc1cccc(N2CCC(C)(O)C2)n1. The Kier molecular flexibility index (Phi) is 3.52. The lowest BCUT2D eigenvalue weighted by Crippen LogP contribution is -2.30. The molecule has 0 aliphatic carbocycles. The number of aliphatic hydroxyl groups is 1. The van der Waals surface area contributed by atoms with Crippen LogP contribution < -0.4 is 10.2 Å². The fourth-order valence-corrected chi connectivity index (χ4v) is 2.09. The number of nitrogens with zero attached hydrogens (tertiary/aromatic N) is 2. The lowest BCUT2D eigenvalue weighted by molar-refractivity contribution is 0.0839. The van der Waals surface area contributed by atoms with E-state index >= 15 is 0 Å². The van der Waals surface area contributed by atoms with E-state index in [0.717, 1.165) is 37.6 Å². The molecule has 1 aliphatic rings. The minimum Gasteiger partial charge on any atom is -0.388 e. The van der Waals surface area contributed by atoms with Crippen LogP contribution in [0.25, 0.3) is 0 Å². The standard InChI is InChI=1S/C13H21N3O/c1-3-8-14-11-5-4-6-12(15-11)16-9-7-13(2,17)10-16/h4-6,17H,3,7-10H2,1-2H3,(H,14,15). The maximum atomic E-state index is 9.95. The monoisotopic (exact) mass is 235 g/mol. The van der Waals surface area contributed by atoms with Gasteiger partial charge in [-0.3, -0.25) is 0 Å². The van der Waals surface area contributed by atoms with Gasteiger partial charge in [0.2, 0.25) is 0 Å². The highest BCUT2D eigenvalue weighted by Crippen LogP contribution is 2.25. The van der Waals surface area contributed by atoms with Crippen molar-refractivity contribution in [2.24, 2.45) is 0 Å². The van der Waals surface area contributed by atoms with Crippen molar-refractivity contribution in [2.75, 3.05) is 29.9 Å². The molecule has 1 aromatic heterocycles. The van der Waals surface area contributed by atoms with Crippen LogP contribution in [-0.4, -0.2) is 35.3 Å². The van der Waals surface area contributed by atoms with Crippen LogP contribution in [0.3, 0.4) is 0 Å². The Morgan fingerprint density at radius 1 is 1.53 bits per heavy atom. The zero-order valence-electron chi connectivity index (χ0n) is 10.6. The number of aromatic nitrogens is 1. The summed E-state index contributed by atoms with van der Waals surface area (Å²) in [4.78, 5) is 6.70. The van der Waals surface area contributed by atoms with Gasteiger partial charge in [-0.15, -0.1) is 0 Å². The van der Waals surface area contributed by atoms with Crippen LogP contribution in [0.5, 0.6) is 0 Å². The van der Waals surface area contributed by atoms with E-state index in [2.05, 4.69) is 22.1 Å². The van der Waals surface area contributed by atoms with Gasteiger partial charge in [-0.2, -0.15) is 0 Å². The first-order chi connectivity index (χ1) is 8.11. The molecule has 0 spiro atoms. The molecule has 1 unspecified atom stereocenters. The summed E-state index contributed by atoms with van der Waals surface area (Å²) in [6.45, 7) is 6.49. The fraction of sp³-hybridized carbons (Fsp3) is 0.615. The van der Waals surface area contributed by atoms with E-state index in [0.29, 0.717) is 6.54 Å². The highest BCUT2D eigenvalue weighted by atomic mass is 16.3. The van der Waals surface area contributed by atoms with E-state index in [1.54, 1.807) is 0 Å². The molecule has 0 bridgehead atoms. The lowest BCUT2D eigenvalue weighted by Gasteiger charge is -2.20. The first-order valence-corrected chi connectivity index (χ1v) is 6.29. The molecule has 2 N–H and O–H groups in total. The Bertz CT molecular complexity index is 379. The van der Waals surface area contributed by atoms with Gasteiger partial charge in [0.25, 0.3) is 0 Å². The van der Waals surface area contributed by atoms with Crippen LogP contribution in [0.1, 0.15) is 26.7 Å². The van der Waals surface area contributed by atoms with E-state index in [-0.39, 0.29) is 0 Å². The average molecular weight is 235 g/mol. The van der Waals surface area contributed by atoms with Gasteiger partial charge < -0.3 is 15.3 Å². The van der Waals surface area contributed by atoms with Gasteiger partial charge >= 0.3 is 0 Å². The molecule has 0 aromatic carbocycles. The maximum Gasteiger partial charge on any atom is 0.131 e. The van der Waals surface area contributed by atoms with Crippen LogP contribution in [0.15, 0.2) is 18.2 Å². The molecule has 0 radical (unpaired) electrons. The molecule has 1 aromatic rings. The van der Waals surface area contributed by atoms with Crippen molar-refractivity contribution in [1.82, 2.24) is 4.98 Å². The first-order valence-electron chi connectivity index (χ1n) is 6.29. The molecule has 1 saturated heterocycles. The highest BCUT2D eigenvalue weighted by molar-refractivity contribution is 5.48. The summed E-state index contributed by atoms with van der Waals surface area (Å²) < 4.78 is 0. The smallest absolute Gasteiger partial charge is 0.131 e. The molecule has 94 valence electrons. The molecule has 2 rings (SSSR count). The third-order valence-corrected chi connectivity index (χ3v) is 3.07. The number of hydrogen-bond acceptors (Lipinski definition) is 4. The van der Waals surface area contributed by atoms with Crippen LogP contribution in [0.2, 0.25) is 0 Å². The Balaban J connectivity index is 2.06. The summed E-state index contributed by atoms with van der Waals surface area (Å²) in [5.41, 5.74) is -0.575. The third kappa shape index (κ3) is 3.09. The normalized spacial score (nSPS) is 24.1. The van der Waals surface area contributed by atoms with Gasteiger partial charge in [0.1, 0.15) is 11.6 Å². The number of rotatable bonds is 4. The predicted molar refractivity (Wildman–Crippen MR) is 70.5 cm³/mol. The number of nitrogens with one attached hydrogen (secondary N) is 1. The van der Waals surface area contributed by atoms with Gasteiger partial charge in [0.15, 0.2) is 0 Å². The first kappa shape index (κ1) is 12.2. The number of β-amino-alcohol motifs (C(OH)–C–C–N with tert-alkyl or cyclic N) is 1. The Morgan fingerprint density at radius 3 is 3.00 bits per heavy atom. The van der Waals surface area contributed by atoms with Crippen LogP contribution in [0, 0.1) is 0 Å². The molecule has 0 saturated carbocycles. The van der Waals surface area contributed by atoms with Gasteiger partial charge in [-0.25, -0.2) is 4.98 Å². The topological polar surface area (TPSA) is 48.4 Å². The van der Waals surface area contributed by atoms with Crippen molar-refractivity contribution in [3.05, 3.63) is 18.2 Å². The maximum absolute atomic E-state index is 9.95. The second kappa shape index (κ2) is 4.92. The summed E-state index contributed by atoms with van der Waals surface area (Å²) in [5.74, 6) is 1.86. The summed E-state index contributed by atoms with van der Waals surface area (Å²) in [7, 11) is 0.